The van der Waals surface area contributed by atoms with Crippen LogP contribution in [0.5, 0.6) is 0 Å². The van der Waals surface area contributed by atoms with Crippen LogP contribution in [0.4, 0.5) is 10.1 Å². The number of carboxylic acid groups (broad SMARTS) is 1. The van der Waals surface area contributed by atoms with E-state index in [1.807, 2.05) is 0 Å². The van der Waals surface area contributed by atoms with Crippen molar-refractivity contribution in [2.24, 2.45) is 0 Å². The summed E-state index contributed by atoms with van der Waals surface area (Å²) in [7, 11) is -4.00. The highest BCUT2D eigenvalue weighted by molar-refractivity contribution is 7.92. The summed E-state index contributed by atoms with van der Waals surface area (Å²) in [4.78, 5) is 23.0. The van der Waals surface area contributed by atoms with E-state index in [9.17, 15) is 22.4 Å². The fourth-order valence-electron chi connectivity index (χ4n) is 2.81. The molecule has 0 bridgehead atoms. The lowest BCUT2D eigenvalue weighted by atomic mass is 10.1. The van der Waals surface area contributed by atoms with Crippen molar-refractivity contribution < 1.29 is 27.5 Å². The van der Waals surface area contributed by atoms with E-state index >= 15 is 0 Å². The largest absolute Gasteiger partial charge is 0.478 e. The average Bonchev–Trinajstić information content (AvgIpc) is 2.74. The predicted octanol–water partition coefficient (Wildman–Crippen LogP) is 3.30. The van der Waals surface area contributed by atoms with Crippen molar-refractivity contribution in [3.63, 3.8) is 0 Å². The molecular weight excluding hydrogens is 423 g/mol. The summed E-state index contributed by atoms with van der Waals surface area (Å²) in [5, 5.41) is 11.6. The van der Waals surface area contributed by atoms with Crippen LogP contribution in [0.1, 0.15) is 26.3 Å². The molecule has 3 aromatic rings. The third-order valence-electron chi connectivity index (χ3n) is 4.38. The average molecular weight is 442 g/mol. The highest BCUT2D eigenvalue weighted by atomic mass is 32.2. The molecule has 9 heteroatoms. The molecule has 3 rings (SSSR count). The molecule has 0 spiro atoms. The number of aromatic carboxylic acids is 1. The number of amides is 1. The second-order valence-corrected chi connectivity index (χ2v) is 8.33. The monoisotopic (exact) mass is 442 g/mol. The van der Waals surface area contributed by atoms with E-state index in [4.69, 9.17) is 5.11 Å². The molecule has 0 heterocycles. The Hall–Kier alpha value is -3.72. The Morgan fingerprint density at radius 2 is 1.61 bits per heavy atom. The molecule has 3 aromatic carbocycles. The molecule has 0 radical (unpaired) electrons. The zero-order valence-electron chi connectivity index (χ0n) is 16.2. The van der Waals surface area contributed by atoms with Gasteiger partial charge in [-0.1, -0.05) is 24.3 Å². The Balaban J connectivity index is 1.61. The molecule has 0 aliphatic heterocycles. The first-order valence-corrected chi connectivity index (χ1v) is 10.7. The van der Waals surface area contributed by atoms with Crippen molar-refractivity contribution in [1.29, 1.82) is 0 Å². The Morgan fingerprint density at radius 3 is 2.29 bits per heavy atom. The number of sulfonamides is 1. The van der Waals surface area contributed by atoms with Gasteiger partial charge in [0.05, 0.1) is 10.5 Å². The number of benzene rings is 3. The van der Waals surface area contributed by atoms with Crippen molar-refractivity contribution in [1.82, 2.24) is 5.32 Å². The SMILES string of the molecule is O=C(O)c1ccc(CCNC(=O)c2cccc(NS(=O)(=O)c3cccc(F)c3)c2)cc1. The topological polar surface area (TPSA) is 113 Å². The lowest BCUT2D eigenvalue weighted by Crippen LogP contribution is -2.25. The number of nitrogens with one attached hydrogen (secondary N) is 2. The van der Waals surface area contributed by atoms with Gasteiger partial charge in [-0.25, -0.2) is 17.6 Å². The van der Waals surface area contributed by atoms with Crippen LogP contribution in [-0.2, 0) is 16.4 Å². The summed E-state index contributed by atoms with van der Waals surface area (Å²) < 4.78 is 40.5. The third-order valence-corrected chi connectivity index (χ3v) is 5.76. The molecule has 0 aliphatic carbocycles. The van der Waals surface area contributed by atoms with Crippen molar-refractivity contribution in [2.45, 2.75) is 11.3 Å². The lowest BCUT2D eigenvalue weighted by Gasteiger charge is -2.10. The van der Waals surface area contributed by atoms with Gasteiger partial charge < -0.3 is 10.4 Å². The molecule has 3 N–H and O–H groups in total. The number of rotatable bonds is 8. The molecule has 0 atom stereocenters. The third kappa shape index (κ3) is 5.89. The molecule has 0 unspecified atom stereocenters. The molecule has 160 valence electrons. The molecule has 0 aliphatic rings. The standard InChI is InChI=1S/C22H19FN2O5S/c23-18-4-2-6-20(14-18)31(29,30)25-19-5-1-3-17(13-19)21(26)24-12-11-15-7-9-16(10-8-15)22(27)28/h1-10,13-14,25H,11-12H2,(H,24,26)(H,27,28). The van der Waals surface area contributed by atoms with Gasteiger partial charge in [-0.3, -0.25) is 9.52 Å². The number of anilines is 1. The van der Waals surface area contributed by atoms with Crippen molar-refractivity contribution in [3.05, 3.63) is 95.3 Å². The first kappa shape index (κ1) is 22.0. The minimum absolute atomic E-state index is 0.168. The number of carbonyl (C=O) groups excluding carboxylic acids is 1. The highest BCUT2D eigenvalue weighted by Crippen LogP contribution is 2.18. The van der Waals surface area contributed by atoms with Gasteiger partial charge in [-0.15, -0.1) is 0 Å². The van der Waals surface area contributed by atoms with Crippen LogP contribution in [0.3, 0.4) is 0 Å². The number of halogens is 1. The van der Waals surface area contributed by atoms with Gasteiger partial charge in [-0.2, -0.15) is 0 Å². The quantitative estimate of drug-likeness (QED) is 0.496. The Kier molecular flexibility index (Phi) is 6.66. The lowest BCUT2D eigenvalue weighted by molar-refractivity contribution is 0.0696. The normalized spacial score (nSPS) is 11.0. The van der Waals surface area contributed by atoms with E-state index in [0.717, 1.165) is 17.7 Å². The van der Waals surface area contributed by atoms with Gasteiger partial charge in [-0.05, 0) is 60.5 Å². The smallest absolute Gasteiger partial charge is 0.335 e. The first-order valence-electron chi connectivity index (χ1n) is 9.23. The van der Waals surface area contributed by atoms with Gasteiger partial charge in [0.1, 0.15) is 5.82 Å². The van der Waals surface area contributed by atoms with E-state index in [1.54, 1.807) is 12.1 Å². The van der Waals surface area contributed by atoms with E-state index < -0.39 is 27.7 Å². The molecule has 0 saturated heterocycles. The maximum atomic E-state index is 13.3. The molecular formula is C22H19FN2O5S. The van der Waals surface area contributed by atoms with Crippen LogP contribution in [0.15, 0.2) is 77.7 Å². The van der Waals surface area contributed by atoms with Crippen LogP contribution < -0.4 is 10.0 Å². The molecule has 0 saturated carbocycles. The van der Waals surface area contributed by atoms with Gasteiger partial charge >= 0.3 is 5.97 Å². The summed E-state index contributed by atoms with van der Waals surface area (Å²) in [5.74, 6) is -2.07. The summed E-state index contributed by atoms with van der Waals surface area (Å²) >= 11 is 0. The molecule has 0 aromatic heterocycles. The maximum Gasteiger partial charge on any atom is 0.335 e. The van der Waals surface area contributed by atoms with Crippen LogP contribution >= 0.6 is 0 Å². The number of carboxylic acids is 1. The van der Waals surface area contributed by atoms with Gasteiger partial charge in [0.15, 0.2) is 0 Å². The van der Waals surface area contributed by atoms with Crippen LogP contribution in [0.2, 0.25) is 0 Å². The van der Waals surface area contributed by atoms with E-state index in [2.05, 4.69) is 10.0 Å². The van der Waals surface area contributed by atoms with Gasteiger partial charge in [0, 0.05) is 17.8 Å². The van der Waals surface area contributed by atoms with E-state index in [-0.39, 0.29) is 21.7 Å². The number of hydrogen-bond donors (Lipinski definition) is 3. The van der Waals surface area contributed by atoms with Crippen LogP contribution in [-0.4, -0.2) is 31.9 Å². The molecule has 31 heavy (non-hydrogen) atoms. The van der Waals surface area contributed by atoms with Gasteiger partial charge in [0.25, 0.3) is 15.9 Å². The fourth-order valence-corrected chi connectivity index (χ4v) is 3.89. The minimum atomic E-state index is -4.00. The summed E-state index contributed by atoms with van der Waals surface area (Å²) in [5.41, 5.74) is 1.47. The van der Waals surface area contributed by atoms with Crippen LogP contribution in [0, 0.1) is 5.82 Å². The molecule has 1 amide bonds. The van der Waals surface area contributed by atoms with Crippen molar-refractivity contribution >= 4 is 27.6 Å². The second kappa shape index (κ2) is 9.40. The summed E-state index contributed by atoms with van der Waals surface area (Å²) in [6.07, 6.45) is 0.498. The van der Waals surface area contributed by atoms with E-state index in [0.29, 0.717) is 13.0 Å². The predicted molar refractivity (Wildman–Crippen MR) is 113 cm³/mol. The number of hydrogen-bond acceptors (Lipinski definition) is 4. The van der Waals surface area contributed by atoms with Crippen molar-refractivity contribution in [2.75, 3.05) is 11.3 Å². The minimum Gasteiger partial charge on any atom is -0.478 e. The first-order chi connectivity index (χ1) is 14.7. The highest BCUT2D eigenvalue weighted by Gasteiger charge is 2.16. The van der Waals surface area contributed by atoms with Crippen molar-refractivity contribution in [3.8, 4) is 0 Å². The Bertz CT molecular complexity index is 1210. The second-order valence-electron chi connectivity index (χ2n) is 6.65. The number of carbonyl (C=O) groups is 2. The molecule has 0 fully saturated rings. The van der Waals surface area contributed by atoms with Crippen LogP contribution in [0.25, 0.3) is 0 Å². The van der Waals surface area contributed by atoms with Gasteiger partial charge in [0.2, 0.25) is 0 Å². The zero-order valence-corrected chi connectivity index (χ0v) is 17.0. The van der Waals surface area contributed by atoms with E-state index in [1.165, 1.54) is 48.5 Å². The summed E-state index contributed by atoms with van der Waals surface area (Å²) in [6.45, 7) is 0.310. The fraction of sp³-hybridized carbons (Fsp3) is 0.0909. The Labute approximate surface area is 178 Å². The summed E-state index contributed by atoms with van der Waals surface area (Å²) in [6, 6.07) is 16.9. The Morgan fingerprint density at radius 1 is 0.903 bits per heavy atom. The molecule has 7 nitrogen and oxygen atoms in total. The zero-order chi connectivity index (χ0) is 22.4. The maximum absolute atomic E-state index is 13.3.